The van der Waals surface area contributed by atoms with Gasteiger partial charge in [0.1, 0.15) is 6.33 Å². The molecule has 0 unspecified atom stereocenters. The van der Waals surface area contributed by atoms with Gasteiger partial charge in [-0.1, -0.05) is 30.3 Å². The quantitative estimate of drug-likeness (QED) is 0.856. The van der Waals surface area contributed by atoms with Crippen LogP contribution in [-0.2, 0) is 5.54 Å². The monoisotopic (exact) mass is 258 g/mol. The normalized spacial score (nSPS) is 27.3. The molecule has 1 aliphatic rings. The molecule has 2 heterocycles. The summed E-state index contributed by atoms with van der Waals surface area (Å²) in [6.07, 6.45) is 3.56. The molecule has 0 radical (unpaired) electrons. The fraction of sp³-hybridized carbons (Fsp3) is 0.429. The zero-order chi connectivity index (χ0) is 13.3. The van der Waals surface area contributed by atoms with Crippen LogP contribution >= 0.6 is 0 Å². The second-order valence-corrected chi connectivity index (χ2v) is 5.41. The van der Waals surface area contributed by atoms with E-state index in [0.717, 1.165) is 19.4 Å². The van der Waals surface area contributed by atoms with Crippen molar-refractivity contribution in [2.45, 2.75) is 31.3 Å². The van der Waals surface area contributed by atoms with Crippen molar-refractivity contribution in [1.29, 1.82) is 0 Å². The molecular formula is C14H18N4O. The molecule has 2 atom stereocenters. The number of hydrogen-bond acceptors (Lipinski definition) is 3. The molecule has 1 aromatic heterocycles. The van der Waals surface area contributed by atoms with Gasteiger partial charge in [-0.05, 0) is 25.3 Å². The third-order valence-electron chi connectivity index (χ3n) is 4.04. The van der Waals surface area contributed by atoms with E-state index in [2.05, 4.69) is 46.7 Å². The lowest BCUT2D eigenvalue weighted by molar-refractivity contribution is 0.198. The Labute approximate surface area is 111 Å². The van der Waals surface area contributed by atoms with Crippen molar-refractivity contribution >= 4 is 0 Å². The van der Waals surface area contributed by atoms with Gasteiger partial charge < -0.3 is 5.32 Å². The summed E-state index contributed by atoms with van der Waals surface area (Å²) in [5.74, 6) is 0. The average molecular weight is 258 g/mol. The van der Waals surface area contributed by atoms with Crippen LogP contribution in [0.15, 0.2) is 41.5 Å². The molecule has 1 aliphatic heterocycles. The summed E-state index contributed by atoms with van der Waals surface area (Å²) in [6, 6.07) is 10.8. The van der Waals surface area contributed by atoms with E-state index in [0.29, 0.717) is 6.04 Å². The minimum Gasteiger partial charge on any atom is -0.308 e. The number of aromatic nitrogens is 3. The van der Waals surface area contributed by atoms with E-state index < -0.39 is 0 Å². The highest BCUT2D eigenvalue weighted by molar-refractivity contribution is 5.19. The van der Waals surface area contributed by atoms with Crippen molar-refractivity contribution in [2.75, 3.05) is 6.54 Å². The Kier molecular flexibility index (Phi) is 2.98. The molecule has 1 aromatic carbocycles. The average Bonchev–Trinajstić information content (AvgIpc) is 2.88. The van der Waals surface area contributed by atoms with Crippen molar-refractivity contribution in [1.82, 2.24) is 20.1 Å². The summed E-state index contributed by atoms with van der Waals surface area (Å²) in [5, 5.41) is 9.82. The number of benzene rings is 1. The summed E-state index contributed by atoms with van der Waals surface area (Å²) in [6.45, 7) is 2.87. The first kappa shape index (κ1) is 12.2. The zero-order valence-electron chi connectivity index (χ0n) is 11.0. The van der Waals surface area contributed by atoms with Crippen LogP contribution in [0.1, 0.15) is 31.4 Å². The number of H-pyrrole nitrogens is 1. The van der Waals surface area contributed by atoms with E-state index in [1.807, 2.05) is 6.07 Å². The van der Waals surface area contributed by atoms with E-state index in [-0.39, 0.29) is 11.2 Å². The van der Waals surface area contributed by atoms with E-state index >= 15 is 0 Å². The molecule has 3 rings (SSSR count). The Balaban J connectivity index is 1.76. The van der Waals surface area contributed by atoms with Crippen molar-refractivity contribution in [3.05, 3.63) is 52.7 Å². The van der Waals surface area contributed by atoms with Gasteiger partial charge in [-0.3, -0.25) is 4.57 Å². The van der Waals surface area contributed by atoms with E-state index in [1.54, 1.807) is 10.9 Å². The Morgan fingerprint density at radius 3 is 2.74 bits per heavy atom. The second kappa shape index (κ2) is 4.66. The molecule has 1 saturated heterocycles. The highest BCUT2D eigenvalue weighted by atomic mass is 16.1. The van der Waals surface area contributed by atoms with E-state index in [1.165, 1.54) is 5.56 Å². The Hall–Kier alpha value is -1.88. The fourth-order valence-corrected chi connectivity index (χ4v) is 2.80. The predicted octanol–water partition coefficient (Wildman–Crippen LogP) is 1.41. The van der Waals surface area contributed by atoms with Crippen LogP contribution in [0.3, 0.4) is 0 Å². The first-order chi connectivity index (χ1) is 9.19. The molecule has 5 nitrogen and oxygen atoms in total. The molecule has 19 heavy (non-hydrogen) atoms. The maximum atomic E-state index is 11.7. The number of nitrogens with zero attached hydrogens (tertiary/aromatic N) is 2. The van der Waals surface area contributed by atoms with Gasteiger partial charge in [0.25, 0.3) is 0 Å². The molecule has 5 heteroatoms. The molecule has 0 amide bonds. The summed E-state index contributed by atoms with van der Waals surface area (Å²) >= 11 is 0. The molecule has 2 N–H and O–H groups in total. The number of nitrogens with one attached hydrogen (secondary N) is 2. The molecule has 0 spiro atoms. The first-order valence-corrected chi connectivity index (χ1v) is 6.60. The van der Waals surface area contributed by atoms with Crippen LogP contribution in [0.5, 0.6) is 0 Å². The Morgan fingerprint density at radius 2 is 2.16 bits per heavy atom. The van der Waals surface area contributed by atoms with Gasteiger partial charge in [0.05, 0.1) is 5.54 Å². The van der Waals surface area contributed by atoms with Crippen LogP contribution < -0.4 is 11.0 Å². The molecule has 0 saturated carbocycles. The van der Waals surface area contributed by atoms with Gasteiger partial charge in [0, 0.05) is 12.6 Å². The van der Waals surface area contributed by atoms with Crippen LogP contribution in [0.25, 0.3) is 0 Å². The standard InChI is InChI=1S/C14H18N4O/c1-14(18-10-16-17-13(18)19)8-7-12(15-9-14)11-5-3-2-4-6-11/h2-6,10,12,15H,7-9H2,1H3,(H,17,19)/t12-,14-/m0/s1. The predicted molar refractivity (Wildman–Crippen MR) is 72.9 cm³/mol. The topological polar surface area (TPSA) is 62.7 Å². The number of rotatable bonds is 2. The smallest absolute Gasteiger partial charge is 0.308 e. The van der Waals surface area contributed by atoms with Crippen molar-refractivity contribution in [2.24, 2.45) is 0 Å². The van der Waals surface area contributed by atoms with Gasteiger partial charge in [-0.25, -0.2) is 9.89 Å². The summed E-state index contributed by atoms with van der Waals surface area (Å²) < 4.78 is 1.70. The molecule has 100 valence electrons. The molecule has 0 aliphatic carbocycles. The lowest BCUT2D eigenvalue weighted by Gasteiger charge is -2.38. The van der Waals surface area contributed by atoms with Gasteiger partial charge in [-0.2, -0.15) is 5.10 Å². The SMILES string of the molecule is C[C@]1(n2cn[nH]c2=O)CC[C@@H](c2ccccc2)NC1. The zero-order valence-corrected chi connectivity index (χ0v) is 11.0. The fourth-order valence-electron chi connectivity index (χ4n) is 2.80. The first-order valence-electron chi connectivity index (χ1n) is 6.60. The van der Waals surface area contributed by atoms with E-state index in [9.17, 15) is 4.79 Å². The van der Waals surface area contributed by atoms with Crippen LogP contribution in [-0.4, -0.2) is 21.3 Å². The van der Waals surface area contributed by atoms with E-state index in [4.69, 9.17) is 0 Å². The van der Waals surface area contributed by atoms with Gasteiger partial charge in [0.15, 0.2) is 0 Å². The molecule has 2 aromatic rings. The largest absolute Gasteiger partial charge is 0.343 e. The summed E-state index contributed by atoms with van der Waals surface area (Å²) in [7, 11) is 0. The minimum absolute atomic E-state index is 0.137. The van der Waals surface area contributed by atoms with Crippen molar-refractivity contribution in [3.63, 3.8) is 0 Å². The lowest BCUT2D eigenvalue weighted by atomic mass is 9.86. The van der Waals surface area contributed by atoms with Gasteiger partial charge in [0.2, 0.25) is 0 Å². The third-order valence-corrected chi connectivity index (χ3v) is 4.04. The number of aromatic amines is 1. The van der Waals surface area contributed by atoms with Gasteiger partial charge in [-0.15, -0.1) is 0 Å². The Morgan fingerprint density at radius 1 is 1.37 bits per heavy atom. The van der Waals surface area contributed by atoms with Crippen molar-refractivity contribution in [3.8, 4) is 0 Å². The Bertz CT molecular complexity index is 593. The van der Waals surface area contributed by atoms with Crippen LogP contribution in [0, 0.1) is 0 Å². The second-order valence-electron chi connectivity index (χ2n) is 5.41. The molecular weight excluding hydrogens is 240 g/mol. The number of hydrogen-bond donors (Lipinski definition) is 2. The van der Waals surface area contributed by atoms with Gasteiger partial charge >= 0.3 is 5.69 Å². The highest BCUT2D eigenvalue weighted by Gasteiger charge is 2.34. The van der Waals surface area contributed by atoms with Crippen LogP contribution in [0.4, 0.5) is 0 Å². The molecule has 1 fully saturated rings. The summed E-state index contributed by atoms with van der Waals surface area (Å²) in [5.41, 5.74) is 0.974. The molecule has 0 bridgehead atoms. The highest BCUT2D eigenvalue weighted by Crippen LogP contribution is 2.31. The third kappa shape index (κ3) is 2.21. The summed E-state index contributed by atoms with van der Waals surface area (Å²) in [4.78, 5) is 11.7. The maximum absolute atomic E-state index is 11.7. The van der Waals surface area contributed by atoms with Crippen molar-refractivity contribution < 1.29 is 0 Å². The number of piperidine rings is 1. The van der Waals surface area contributed by atoms with Crippen LogP contribution in [0.2, 0.25) is 0 Å². The minimum atomic E-state index is -0.199. The lowest BCUT2D eigenvalue weighted by Crippen LogP contribution is -2.49. The maximum Gasteiger partial charge on any atom is 0.343 e.